The fourth-order valence-electron chi connectivity index (χ4n) is 3.45. The van der Waals surface area contributed by atoms with Crippen molar-refractivity contribution in [2.75, 3.05) is 13.7 Å². The number of carbonyl (C=O) groups excluding carboxylic acids is 1. The van der Waals surface area contributed by atoms with Crippen molar-refractivity contribution in [3.63, 3.8) is 0 Å². The maximum Gasteiger partial charge on any atom is 0.254 e. The summed E-state index contributed by atoms with van der Waals surface area (Å²) in [4.78, 5) is 12.4. The molecule has 0 aliphatic carbocycles. The van der Waals surface area contributed by atoms with Gasteiger partial charge in [-0.25, -0.2) is 4.39 Å². The van der Waals surface area contributed by atoms with Gasteiger partial charge in [0, 0.05) is 18.1 Å². The minimum absolute atomic E-state index is 0.0899. The predicted octanol–water partition coefficient (Wildman–Crippen LogP) is 3.99. The van der Waals surface area contributed by atoms with E-state index in [4.69, 9.17) is 21.1 Å². The first-order valence-electron chi connectivity index (χ1n) is 9.36. The number of nitrogens with zero attached hydrogens (tertiary/aromatic N) is 2. The Morgan fingerprint density at radius 2 is 2.13 bits per heavy atom. The molecule has 0 fully saturated rings. The Hall–Kier alpha value is -3.19. The van der Waals surface area contributed by atoms with E-state index in [0.717, 1.165) is 16.7 Å². The highest BCUT2D eigenvalue weighted by atomic mass is 35.5. The topological polar surface area (TPSA) is 73.3 Å². The first-order valence-corrected chi connectivity index (χ1v) is 9.74. The van der Waals surface area contributed by atoms with Crippen molar-refractivity contribution in [1.29, 1.82) is 0 Å². The van der Waals surface area contributed by atoms with Gasteiger partial charge in [0.15, 0.2) is 5.82 Å². The van der Waals surface area contributed by atoms with Crippen molar-refractivity contribution in [2.24, 2.45) is 0 Å². The fraction of sp³-hybridized carbons (Fsp3) is 0.227. The van der Waals surface area contributed by atoms with Crippen molar-refractivity contribution in [2.45, 2.75) is 19.4 Å². The highest BCUT2D eigenvalue weighted by Gasteiger charge is 2.28. The predicted molar refractivity (Wildman–Crippen MR) is 111 cm³/mol. The third kappa shape index (κ3) is 3.93. The van der Waals surface area contributed by atoms with Gasteiger partial charge in [0.25, 0.3) is 5.91 Å². The average Bonchev–Trinajstić information content (AvgIpc) is 3.16. The largest absolute Gasteiger partial charge is 0.487 e. The maximum atomic E-state index is 14.1. The summed E-state index contributed by atoms with van der Waals surface area (Å²) < 4.78 is 25.2. The molecule has 8 heteroatoms. The summed E-state index contributed by atoms with van der Waals surface area (Å²) in [6, 6.07) is 11.9. The van der Waals surface area contributed by atoms with Crippen molar-refractivity contribution < 1.29 is 18.7 Å². The molecule has 0 spiro atoms. The number of rotatable bonds is 5. The molecule has 1 atom stereocenters. The van der Waals surface area contributed by atoms with Crippen LogP contribution in [0.5, 0.6) is 11.6 Å². The molecule has 0 saturated carbocycles. The number of benzene rings is 2. The van der Waals surface area contributed by atoms with E-state index in [0.29, 0.717) is 23.7 Å². The van der Waals surface area contributed by atoms with Crippen LogP contribution in [0.4, 0.5) is 4.39 Å². The second-order valence-electron chi connectivity index (χ2n) is 7.02. The van der Waals surface area contributed by atoms with Gasteiger partial charge >= 0.3 is 0 Å². The van der Waals surface area contributed by atoms with Crippen molar-refractivity contribution in [3.8, 4) is 22.9 Å². The van der Waals surface area contributed by atoms with Gasteiger partial charge in [-0.15, -0.1) is 10.2 Å². The number of aryl methyl sites for hydroxylation is 1. The van der Waals surface area contributed by atoms with E-state index in [2.05, 4.69) is 15.5 Å². The summed E-state index contributed by atoms with van der Waals surface area (Å²) in [5, 5.41) is 10.9. The number of fused-ring (bicyclic) bond motifs is 1. The lowest BCUT2D eigenvalue weighted by Gasteiger charge is -2.14. The average molecular weight is 428 g/mol. The first kappa shape index (κ1) is 20.1. The lowest BCUT2D eigenvalue weighted by molar-refractivity contribution is 0.0929. The molecule has 1 aliphatic heterocycles. The van der Waals surface area contributed by atoms with E-state index in [1.165, 1.54) is 25.3 Å². The van der Waals surface area contributed by atoms with Gasteiger partial charge in [0.1, 0.15) is 11.9 Å². The van der Waals surface area contributed by atoms with Gasteiger partial charge in [0.05, 0.1) is 29.9 Å². The Morgan fingerprint density at radius 3 is 2.87 bits per heavy atom. The number of carbonyl (C=O) groups is 1. The minimum atomic E-state index is -0.733. The SMILES string of the molecule is COc1ccc(-c2cc(C)cc3c2OC(CNC(=O)c2cccc(Cl)c2F)C3)nn1. The zero-order valence-corrected chi connectivity index (χ0v) is 17.2. The molecule has 0 bridgehead atoms. The molecule has 0 saturated heterocycles. The zero-order chi connectivity index (χ0) is 21.3. The van der Waals surface area contributed by atoms with Gasteiger partial charge in [0.2, 0.25) is 5.88 Å². The molecule has 2 heterocycles. The molecule has 6 nitrogen and oxygen atoms in total. The minimum Gasteiger partial charge on any atom is -0.487 e. The van der Waals surface area contributed by atoms with Crippen molar-refractivity contribution >= 4 is 17.5 Å². The van der Waals surface area contributed by atoms with E-state index in [1.807, 2.05) is 25.1 Å². The van der Waals surface area contributed by atoms with Crippen LogP contribution in [-0.4, -0.2) is 35.9 Å². The van der Waals surface area contributed by atoms with Crippen LogP contribution in [0.15, 0.2) is 42.5 Å². The number of methoxy groups -OCH3 is 1. The van der Waals surface area contributed by atoms with Gasteiger partial charge in [-0.2, -0.15) is 0 Å². The third-order valence-electron chi connectivity index (χ3n) is 4.85. The zero-order valence-electron chi connectivity index (χ0n) is 16.4. The second-order valence-corrected chi connectivity index (χ2v) is 7.42. The van der Waals surface area contributed by atoms with E-state index in [9.17, 15) is 9.18 Å². The molecular weight excluding hydrogens is 409 g/mol. The monoisotopic (exact) mass is 427 g/mol. The molecule has 1 N–H and O–H groups in total. The molecule has 154 valence electrons. The molecular formula is C22H19ClFN3O3. The summed E-state index contributed by atoms with van der Waals surface area (Å²) in [5.74, 6) is -0.124. The highest BCUT2D eigenvalue weighted by molar-refractivity contribution is 6.31. The van der Waals surface area contributed by atoms with Gasteiger partial charge < -0.3 is 14.8 Å². The standard InChI is InChI=1S/C22H19ClFN3O3/c1-12-8-13-10-14(11-25-22(28)15-4-3-5-17(23)20(15)24)30-21(13)16(9-12)18-6-7-19(29-2)27-26-18/h3-9,14H,10-11H2,1-2H3,(H,25,28). The Balaban J connectivity index is 1.50. The molecule has 3 aromatic rings. The smallest absolute Gasteiger partial charge is 0.254 e. The lowest BCUT2D eigenvalue weighted by atomic mass is 10.0. The van der Waals surface area contributed by atoms with Crippen LogP contribution >= 0.6 is 11.6 Å². The van der Waals surface area contributed by atoms with Gasteiger partial charge in [-0.1, -0.05) is 23.7 Å². The number of hydrogen-bond acceptors (Lipinski definition) is 5. The molecule has 0 radical (unpaired) electrons. The van der Waals surface area contributed by atoms with Crippen molar-refractivity contribution in [3.05, 3.63) is 70.0 Å². The number of halogens is 2. The third-order valence-corrected chi connectivity index (χ3v) is 5.15. The fourth-order valence-corrected chi connectivity index (χ4v) is 3.62. The number of amides is 1. The molecule has 1 aliphatic rings. The van der Waals surface area contributed by atoms with Crippen molar-refractivity contribution in [1.82, 2.24) is 15.5 Å². The van der Waals surface area contributed by atoms with Crippen LogP contribution in [0.3, 0.4) is 0 Å². The number of hydrogen-bond donors (Lipinski definition) is 1. The van der Waals surface area contributed by atoms with Crippen LogP contribution < -0.4 is 14.8 Å². The van der Waals surface area contributed by atoms with Crippen LogP contribution in [0.25, 0.3) is 11.3 Å². The molecule has 1 amide bonds. The number of ether oxygens (including phenoxy) is 2. The van der Waals surface area contributed by atoms with Gasteiger partial charge in [-0.05, 0) is 42.3 Å². The maximum absolute atomic E-state index is 14.1. The summed E-state index contributed by atoms with van der Waals surface area (Å²) in [5.41, 5.74) is 3.49. The number of nitrogens with one attached hydrogen (secondary N) is 1. The normalized spacial score (nSPS) is 14.7. The molecule has 1 aromatic heterocycles. The van der Waals surface area contributed by atoms with E-state index >= 15 is 0 Å². The quantitative estimate of drug-likeness (QED) is 0.666. The summed E-state index contributed by atoms with van der Waals surface area (Å²) in [7, 11) is 1.53. The lowest BCUT2D eigenvalue weighted by Crippen LogP contribution is -2.34. The number of aromatic nitrogens is 2. The van der Waals surface area contributed by atoms with Gasteiger partial charge in [-0.3, -0.25) is 4.79 Å². The van der Waals surface area contributed by atoms with Crippen LogP contribution in [0.1, 0.15) is 21.5 Å². The Bertz CT molecular complexity index is 1110. The summed E-state index contributed by atoms with van der Waals surface area (Å²) in [6.07, 6.45) is 0.337. The Morgan fingerprint density at radius 1 is 1.30 bits per heavy atom. The molecule has 2 aromatic carbocycles. The van der Waals surface area contributed by atoms with E-state index in [1.54, 1.807) is 6.07 Å². The summed E-state index contributed by atoms with van der Waals surface area (Å²) >= 11 is 5.76. The first-order chi connectivity index (χ1) is 14.5. The second kappa shape index (κ2) is 8.28. The summed E-state index contributed by atoms with van der Waals surface area (Å²) in [6.45, 7) is 2.23. The van der Waals surface area contributed by atoms with Crippen LogP contribution in [0.2, 0.25) is 5.02 Å². The Kier molecular flexibility index (Phi) is 5.55. The Labute approximate surface area is 178 Å². The van der Waals surface area contributed by atoms with E-state index < -0.39 is 11.7 Å². The molecule has 4 rings (SSSR count). The highest BCUT2D eigenvalue weighted by Crippen LogP contribution is 2.39. The van der Waals surface area contributed by atoms with Crippen LogP contribution in [-0.2, 0) is 6.42 Å². The molecule has 30 heavy (non-hydrogen) atoms. The van der Waals surface area contributed by atoms with Crippen LogP contribution in [0, 0.1) is 12.7 Å². The molecule has 1 unspecified atom stereocenters. The van der Waals surface area contributed by atoms with E-state index in [-0.39, 0.29) is 23.2 Å².